The van der Waals surface area contributed by atoms with E-state index >= 15 is 0 Å². The van der Waals surface area contributed by atoms with Crippen molar-refractivity contribution in [1.29, 1.82) is 0 Å². The summed E-state index contributed by atoms with van der Waals surface area (Å²) in [6.45, 7) is -0.904. The Morgan fingerprint density at radius 3 is 2.27 bits per heavy atom. The van der Waals surface area contributed by atoms with Gasteiger partial charge in [0.1, 0.15) is 0 Å². The van der Waals surface area contributed by atoms with Gasteiger partial charge < -0.3 is 20.1 Å². The quantitative estimate of drug-likeness (QED) is 0.486. The van der Waals surface area contributed by atoms with E-state index in [0.717, 1.165) is 0 Å². The Labute approximate surface area is 88.0 Å². The summed E-state index contributed by atoms with van der Waals surface area (Å²) in [7, 11) is 0. The molecule has 0 radical (unpaired) electrons. The summed E-state index contributed by atoms with van der Waals surface area (Å²) in [6.07, 6.45) is 2.69. The van der Waals surface area contributed by atoms with Crippen LogP contribution >= 0.6 is 0 Å². The van der Waals surface area contributed by atoms with Crippen molar-refractivity contribution in [3.8, 4) is 0 Å². The third kappa shape index (κ3) is 3.30. The van der Waals surface area contributed by atoms with Crippen LogP contribution in [0.1, 0.15) is 12.8 Å². The molecule has 5 heteroatoms. The zero-order valence-electron chi connectivity index (χ0n) is 8.48. The normalized spacial score (nSPS) is 14.7. The second kappa shape index (κ2) is 5.25. The van der Waals surface area contributed by atoms with Crippen LogP contribution < -0.4 is 0 Å². The fraction of sp³-hybridized carbons (Fsp3) is 0.700. The summed E-state index contributed by atoms with van der Waals surface area (Å²) < 4.78 is 4.89. The minimum absolute atomic E-state index is 0.0951. The molecule has 15 heavy (non-hydrogen) atoms. The van der Waals surface area contributed by atoms with Gasteiger partial charge in [0, 0.05) is 11.0 Å². The molecule has 0 fully saturated rings. The topological polar surface area (TPSA) is 87.0 Å². The Hall–Kier alpha value is -0.910. The number of hydrogen-bond donors (Lipinski definition) is 3. The average molecular weight is 216 g/mol. The van der Waals surface area contributed by atoms with Crippen molar-refractivity contribution in [2.75, 3.05) is 26.4 Å². The van der Waals surface area contributed by atoms with Gasteiger partial charge in [-0.3, -0.25) is 0 Å². The molecule has 0 amide bonds. The standard InChI is InChI=1S/C10H16O5/c11-5-10(6-12,7-13)3-4-15-9(14)8-1-2-8/h1,11-13H,2-7H2. The second-order valence-corrected chi connectivity index (χ2v) is 3.79. The maximum Gasteiger partial charge on any atom is 0.334 e. The Balaban J connectivity index is 2.27. The number of aliphatic hydroxyl groups is 3. The van der Waals surface area contributed by atoms with Gasteiger partial charge >= 0.3 is 5.97 Å². The lowest BCUT2D eigenvalue weighted by molar-refractivity contribution is -0.140. The lowest BCUT2D eigenvalue weighted by Gasteiger charge is -2.26. The van der Waals surface area contributed by atoms with Crippen molar-refractivity contribution in [1.82, 2.24) is 0 Å². The van der Waals surface area contributed by atoms with E-state index in [0.29, 0.717) is 12.0 Å². The smallest absolute Gasteiger partial charge is 0.334 e. The molecule has 0 aromatic heterocycles. The summed E-state index contributed by atoms with van der Waals surface area (Å²) in [5.74, 6) is -0.349. The number of carbonyl (C=O) groups excluding carboxylic acids is 1. The molecule has 1 aliphatic carbocycles. The lowest BCUT2D eigenvalue weighted by atomic mass is 9.88. The number of carbonyl (C=O) groups is 1. The van der Waals surface area contributed by atoms with Crippen LogP contribution in [0.2, 0.25) is 0 Å². The fourth-order valence-corrected chi connectivity index (χ4v) is 1.06. The number of allylic oxidation sites excluding steroid dienone is 1. The molecule has 0 saturated carbocycles. The summed E-state index contributed by atoms with van der Waals surface area (Å²) in [4.78, 5) is 11.1. The summed E-state index contributed by atoms with van der Waals surface area (Å²) in [5.41, 5.74) is -0.296. The van der Waals surface area contributed by atoms with Crippen LogP contribution in [0.15, 0.2) is 11.6 Å². The van der Waals surface area contributed by atoms with Gasteiger partial charge in [-0.1, -0.05) is 6.08 Å². The first-order valence-corrected chi connectivity index (χ1v) is 4.86. The van der Waals surface area contributed by atoms with E-state index in [2.05, 4.69) is 0 Å². The van der Waals surface area contributed by atoms with Crippen LogP contribution in [0.5, 0.6) is 0 Å². The third-order valence-corrected chi connectivity index (χ3v) is 2.54. The Bertz CT molecular complexity index is 246. The summed E-state index contributed by atoms with van der Waals surface area (Å²) >= 11 is 0. The molecular weight excluding hydrogens is 200 g/mol. The van der Waals surface area contributed by atoms with E-state index in [1.54, 1.807) is 6.08 Å². The van der Waals surface area contributed by atoms with Crippen molar-refractivity contribution >= 4 is 5.97 Å². The zero-order chi connectivity index (χ0) is 11.3. The molecule has 0 atom stereocenters. The van der Waals surface area contributed by atoms with E-state index in [9.17, 15) is 4.79 Å². The monoisotopic (exact) mass is 216 g/mol. The number of rotatable bonds is 7. The van der Waals surface area contributed by atoms with Crippen molar-refractivity contribution in [2.24, 2.45) is 5.41 Å². The Morgan fingerprint density at radius 2 is 1.87 bits per heavy atom. The minimum Gasteiger partial charge on any atom is -0.462 e. The maximum atomic E-state index is 11.1. The first-order chi connectivity index (χ1) is 7.17. The highest BCUT2D eigenvalue weighted by molar-refractivity contribution is 5.92. The lowest BCUT2D eigenvalue weighted by Crippen LogP contribution is -2.35. The highest BCUT2D eigenvalue weighted by Crippen LogP contribution is 2.22. The van der Waals surface area contributed by atoms with E-state index in [4.69, 9.17) is 20.1 Å². The maximum absolute atomic E-state index is 11.1. The Kier molecular flexibility index (Phi) is 4.26. The molecule has 0 spiro atoms. The molecule has 0 aromatic carbocycles. The molecule has 1 rings (SSSR count). The van der Waals surface area contributed by atoms with Crippen LogP contribution in [0.3, 0.4) is 0 Å². The number of hydrogen-bond acceptors (Lipinski definition) is 5. The fourth-order valence-electron chi connectivity index (χ4n) is 1.06. The van der Waals surface area contributed by atoms with Crippen LogP contribution in [0.25, 0.3) is 0 Å². The van der Waals surface area contributed by atoms with E-state index in [1.807, 2.05) is 0 Å². The zero-order valence-corrected chi connectivity index (χ0v) is 8.48. The van der Waals surface area contributed by atoms with Gasteiger partial charge in [-0.25, -0.2) is 4.79 Å². The van der Waals surface area contributed by atoms with Gasteiger partial charge in [-0.2, -0.15) is 0 Å². The van der Waals surface area contributed by atoms with Gasteiger partial charge in [0.05, 0.1) is 26.4 Å². The van der Waals surface area contributed by atoms with Crippen LogP contribution in [0.4, 0.5) is 0 Å². The molecule has 0 saturated heterocycles. The third-order valence-electron chi connectivity index (χ3n) is 2.54. The Morgan fingerprint density at radius 1 is 1.33 bits per heavy atom. The highest BCUT2D eigenvalue weighted by Gasteiger charge is 2.28. The molecule has 1 aliphatic rings. The molecule has 0 bridgehead atoms. The molecule has 0 aromatic rings. The largest absolute Gasteiger partial charge is 0.462 e. The van der Waals surface area contributed by atoms with Gasteiger partial charge in [-0.15, -0.1) is 0 Å². The second-order valence-electron chi connectivity index (χ2n) is 3.79. The highest BCUT2D eigenvalue weighted by atomic mass is 16.5. The first-order valence-electron chi connectivity index (χ1n) is 4.86. The van der Waals surface area contributed by atoms with E-state index < -0.39 is 5.41 Å². The number of esters is 1. The van der Waals surface area contributed by atoms with Crippen LogP contribution in [-0.2, 0) is 9.53 Å². The average Bonchev–Trinajstić information content (AvgIpc) is 3.08. The SMILES string of the molecule is O=C(OCCC(CO)(CO)CO)C1=CC1. The van der Waals surface area contributed by atoms with Crippen molar-refractivity contribution in [3.63, 3.8) is 0 Å². The van der Waals surface area contributed by atoms with Crippen LogP contribution in [-0.4, -0.2) is 47.7 Å². The molecule has 5 nitrogen and oxygen atoms in total. The van der Waals surface area contributed by atoms with Crippen molar-refractivity contribution < 1.29 is 24.9 Å². The number of ether oxygens (including phenoxy) is 1. The predicted octanol–water partition coefficient (Wildman–Crippen LogP) is -0.787. The molecule has 0 heterocycles. The summed E-state index contributed by atoms with van der Waals surface area (Å²) in [6, 6.07) is 0. The van der Waals surface area contributed by atoms with Gasteiger partial charge in [0.25, 0.3) is 0 Å². The number of aliphatic hydroxyl groups excluding tert-OH is 3. The molecule has 86 valence electrons. The van der Waals surface area contributed by atoms with Gasteiger partial charge in [0.2, 0.25) is 0 Å². The first kappa shape index (κ1) is 12.2. The van der Waals surface area contributed by atoms with Crippen molar-refractivity contribution in [2.45, 2.75) is 12.8 Å². The van der Waals surface area contributed by atoms with Crippen molar-refractivity contribution in [3.05, 3.63) is 11.6 Å². The molecular formula is C10H16O5. The molecule has 0 aliphatic heterocycles. The minimum atomic E-state index is -0.960. The van der Waals surface area contributed by atoms with Gasteiger partial charge in [0.15, 0.2) is 0 Å². The molecule has 0 unspecified atom stereocenters. The van der Waals surface area contributed by atoms with Gasteiger partial charge in [-0.05, 0) is 12.8 Å². The predicted molar refractivity (Wildman–Crippen MR) is 52.0 cm³/mol. The van der Waals surface area contributed by atoms with E-state index in [-0.39, 0.29) is 38.8 Å². The van der Waals surface area contributed by atoms with E-state index in [1.165, 1.54) is 0 Å². The summed E-state index contributed by atoms with van der Waals surface area (Å²) in [5, 5.41) is 27.0. The molecule has 3 N–H and O–H groups in total. The van der Waals surface area contributed by atoms with Crippen LogP contribution in [0, 0.1) is 5.41 Å².